The van der Waals surface area contributed by atoms with E-state index in [1.165, 1.54) is 30.8 Å². The molecule has 1 aliphatic heterocycles. The fourth-order valence-corrected chi connectivity index (χ4v) is 2.11. The van der Waals surface area contributed by atoms with Crippen LogP contribution in [0.4, 0.5) is 0 Å². The molecule has 0 spiro atoms. The van der Waals surface area contributed by atoms with Gasteiger partial charge in [-0.15, -0.1) is 0 Å². The summed E-state index contributed by atoms with van der Waals surface area (Å²) in [4.78, 5) is 4.65. The second kappa shape index (κ2) is 2.58. The van der Waals surface area contributed by atoms with Gasteiger partial charge in [-0.05, 0) is 25.7 Å². The number of nitrogens with zero attached hydrogens (tertiary/aromatic N) is 2. The molecule has 1 aromatic rings. The summed E-state index contributed by atoms with van der Waals surface area (Å²) in [6.07, 6.45) is 8.42. The molecule has 70 valence electrons. The molecule has 1 unspecified atom stereocenters. The first-order chi connectivity index (χ1) is 6.34. The molecule has 1 saturated carbocycles. The molecular formula is C10H15N3. The molecule has 1 aromatic heterocycles. The summed E-state index contributed by atoms with van der Waals surface area (Å²) in [7, 11) is 0. The number of imidazole rings is 1. The van der Waals surface area contributed by atoms with Gasteiger partial charge in [-0.3, -0.25) is 0 Å². The van der Waals surface area contributed by atoms with Gasteiger partial charge in [0.05, 0.1) is 11.9 Å². The van der Waals surface area contributed by atoms with E-state index in [9.17, 15) is 0 Å². The molecule has 0 aromatic carbocycles. The molecule has 0 bridgehead atoms. The van der Waals surface area contributed by atoms with Crippen LogP contribution in [-0.4, -0.2) is 9.55 Å². The Hall–Kier alpha value is -0.830. The lowest BCUT2D eigenvalue weighted by Gasteiger charge is -2.20. The fraction of sp³-hybridized carbons (Fsp3) is 0.700. The van der Waals surface area contributed by atoms with Gasteiger partial charge in [-0.2, -0.15) is 0 Å². The van der Waals surface area contributed by atoms with E-state index in [4.69, 9.17) is 5.73 Å². The van der Waals surface area contributed by atoms with E-state index in [1.807, 2.05) is 0 Å². The highest BCUT2D eigenvalue weighted by atomic mass is 15.2. The highest BCUT2D eigenvalue weighted by molar-refractivity contribution is 5.16. The summed E-state index contributed by atoms with van der Waals surface area (Å²) >= 11 is 0. The van der Waals surface area contributed by atoms with Crippen LogP contribution in [0.25, 0.3) is 0 Å². The first-order valence-corrected chi connectivity index (χ1v) is 5.18. The zero-order valence-corrected chi connectivity index (χ0v) is 7.74. The van der Waals surface area contributed by atoms with Gasteiger partial charge in [0, 0.05) is 18.5 Å². The van der Waals surface area contributed by atoms with Crippen molar-refractivity contribution in [1.82, 2.24) is 9.55 Å². The maximum absolute atomic E-state index is 6.00. The van der Waals surface area contributed by atoms with Crippen molar-refractivity contribution in [2.75, 3.05) is 0 Å². The third kappa shape index (κ3) is 1.18. The third-order valence-corrected chi connectivity index (χ3v) is 3.08. The smallest absolute Gasteiger partial charge is 0.110 e. The van der Waals surface area contributed by atoms with Gasteiger partial charge in [0.1, 0.15) is 5.82 Å². The van der Waals surface area contributed by atoms with E-state index in [1.54, 1.807) is 0 Å². The maximum atomic E-state index is 6.00. The van der Waals surface area contributed by atoms with E-state index in [0.717, 1.165) is 18.8 Å². The Morgan fingerprint density at radius 1 is 1.38 bits per heavy atom. The average molecular weight is 177 g/mol. The van der Waals surface area contributed by atoms with Crippen LogP contribution in [0.5, 0.6) is 0 Å². The zero-order valence-electron chi connectivity index (χ0n) is 7.74. The standard InChI is InChI=1S/C10H15N3/c11-9-2-1-3-10-12-8(6-13(9)10)7-4-5-7/h6-7,9H,1-5,11H2. The summed E-state index contributed by atoms with van der Waals surface area (Å²) < 4.78 is 2.18. The minimum atomic E-state index is 0.184. The van der Waals surface area contributed by atoms with Crippen LogP contribution in [0.15, 0.2) is 6.20 Å². The molecule has 1 aliphatic carbocycles. The number of aryl methyl sites for hydroxylation is 1. The third-order valence-electron chi connectivity index (χ3n) is 3.08. The number of nitrogens with two attached hydrogens (primary N) is 1. The highest BCUT2D eigenvalue weighted by Gasteiger charge is 2.28. The first kappa shape index (κ1) is 7.56. The van der Waals surface area contributed by atoms with Crippen molar-refractivity contribution >= 4 is 0 Å². The average Bonchev–Trinajstić information content (AvgIpc) is 2.87. The van der Waals surface area contributed by atoms with E-state index in [-0.39, 0.29) is 6.17 Å². The van der Waals surface area contributed by atoms with Crippen molar-refractivity contribution in [3.8, 4) is 0 Å². The Labute approximate surface area is 78.0 Å². The lowest BCUT2D eigenvalue weighted by atomic mass is 10.1. The van der Waals surface area contributed by atoms with Gasteiger partial charge < -0.3 is 10.3 Å². The molecule has 3 rings (SSSR count). The van der Waals surface area contributed by atoms with Gasteiger partial charge in [0.2, 0.25) is 0 Å². The van der Waals surface area contributed by atoms with Crippen LogP contribution in [-0.2, 0) is 6.42 Å². The topological polar surface area (TPSA) is 43.8 Å². The van der Waals surface area contributed by atoms with Crippen LogP contribution in [0, 0.1) is 0 Å². The second-order valence-electron chi connectivity index (χ2n) is 4.22. The molecule has 0 radical (unpaired) electrons. The Balaban J connectivity index is 1.99. The van der Waals surface area contributed by atoms with E-state index < -0.39 is 0 Å². The monoisotopic (exact) mass is 177 g/mol. The number of fused-ring (bicyclic) bond motifs is 1. The molecule has 2 N–H and O–H groups in total. The lowest BCUT2D eigenvalue weighted by molar-refractivity contribution is 0.408. The Morgan fingerprint density at radius 3 is 2.92 bits per heavy atom. The maximum Gasteiger partial charge on any atom is 0.110 e. The first-order valence-electron chi connectivity index (χ1n) is 5.18. The molecule has 2 heterocycles. The predicted octanol–water partition coefficient (Wildman–Crippen LogP) is 1.55. The zero-order chi connectivity index (χ0) is 8.84. The molecule has 1 fully saturated rings. The van der Waals surface area contributed by atoms with Crippen LogP contribution < -0.4 is 5.73 Å². The van der Waals surface area contributed by atoms with Crippen molar-refractivity contribution in [3.63, 3.8) is 0 Å². The summed E-state index contributed by atoms with van der Waals surface area (Å²) in [5, 5.41) is 0. The van der Waals surface area contributed by atoms with Gasteiger partial charge in [-0.1, -0.05) is 0 Å². The SMILES string of the molecule is NC1CCCc2nc(C3CC3)cn21. The summed E-state index contributed by atoms with van der Waals surface area (Å²) in [5.41, 5.74) is 7.29. The number of rotatable bonds is 1. The highest BCUT2D eigenvalue weighted by Crippen LogP contribution is 2.40. The molecule has 3 heteroatoms. The van der Waals surface area contributed by atoms with E-state index in [0.29, 0.717) is 0 Å². The molecule has 13 heavy (non-hydrogen) atoms. The number of hydrogen-bond acceptors (Lipinski definition) is 2. The van der Waals surface area contributed by atoms with Gasteiger partial charge in [-0.25, -0.2) is 4.98 Å². The van der Waals surface area contributed by atoms with Crippen LogP contribution in [0.1, 0.15) is 49.3 Å². The van der Waals surface area contributed by atoms with E-state index >= 15 is 0 Å². The summed E-state index contributed by atoms with van der Waals surface area (Å²) in [6, 6.07) is 0. The minimum absolute atomic E-state index is 0.184. The normalized spacial score (nSPS) is 27.3. The van der Waals surface area contributed by atoms with Crippen molar-refractivity contribution < 1.29 is 0 Å². The van der Waals surface area contributed by atoms with Gasteiger partial charge >= 0.3 is 0 Å². The predicted molar refractivity (Wildman–Crippen MR) is 50.4 cm³/mol. The van der Waals surface area contributed by atoms with Gasteiger partial charge in [0.25, 0.3) is 0 Å². The number of aromatic nitrogens is 2. The molecule has 2 aliphatic rings. The molecule has 1 atom stereocenters. The van der Waals surface area contributed by atoms with Crippen molar-refractivity contribution in [2.24, 2.45) is 5.73 Å². The largest absolute Gasteiger partial charge is 0.319 e. The fourth-order valence-electron chi connectivity index (χ4n) is 2.11. The van der Waals surface area contributed by atoms with E-state index in [2.05, 4.69) is 15.7 Å². The van der Waals surface area contributed by atoms with Crippen LogP contribution in [0.3, 0.4) is 0 Å². The Kier molecular flexibility index (Phi) is 1.50. The molecular weight excluding hydrogens is 162 g/mol. The Bertz CT molecular complexity index is 325. The molecule has 0 saturated heterocycles. The van der Waals surface area contributed by atoms with Gasteiger partial charge in [0.15, 0.2) is 0 Å². The lowest BCUT2D eigenvalue weighted by Crippen LogP contribution is -2.24. The molecule has 0 amide bonds. The quantitative estimate of drug-likeness (QED) is 0.707. The van der Waals surface area contributed by atoms with Crippen molar-refractivity contribution in [2.45, 2.75) is 44.2 Å². The number of hydrogen-bond donors (Lipinski definition) is 1. The van der Waals surface area contributed by atoms with Crippen molar-refractivity contribution in [1.29, 1.82) is 0 Å². The van der Waals surface area contributed by atoms with Crippen LogP contribution in [0.2, 0.25) is 0 Å². The van der Waals surface area contributed by atoms with Crippen molar-refractivity contribution in [3.05, 3.63) is 17.7 Å². The summed E-state index contributed by atoms with van der Waals surface area (Å²) in [5.74, 6) is 1.96. The Morgan fingerprint density at radius 2 is 2.23 bits per heavy atom. The summed E-state index contributed by atoms with van der Waals surface area (Å²) in [6.45, 7) is 0. The molecule has 3 nitrogen and oxygen atoms in total. The minimum Gasteiger partial charge on any atom is -0.319 e. The second-order valence-corrected chi connectivity index (χ2v) is 4.22. The van der Waals surface area contributed by atoms with Crippen LogP contribution >= 0.6 is 0 Å².